The number of thioether (sulfide) groups is 1. The molecule has 0 saturated carbocycles. The zero-order chi connectivity index (χ0) is 5.98. The average molecular weight is 131 g/mol. The van der Waals surface area contributed by atoms with Crippen molar-refractivity contribution >= 4 is 18.2 Å². The molecular formula is C5H9NOS. The van der Waals surface area contributed by atoms with Gasteiger partial charge in [0.1, 0.15) is 0 Å². The molecule has 0 radical (unpaired) electrons. The van der Waals surface area contributed by atoms with Gasteiger partial charge in [0, 0.05) is 11.8 Å². The van der Waals surface area contributed by atoms with E-state index >= 15 is 0 Å². The van der Waals surface area contributed by atoms with Crippen molar-refractivity contribution in [2.75, 3.05) is 11.6 Å². The minimum atomic E-state index is 0.456. The van der Waals surface area contributed by atoms with Gasteiger partial charge in [0.15, 0.2) is 0 Å². The summed E-state index contributed by atoms with van der Waals surface area (Å²) >= 11 is 1.81. The molecule has 0 aromatic heterocycles. The fourth-order valence-corrected chi connectivity index (χ4v) is 1.85. The van der Waals surface area contributed by atoms with E-state index in [1.54, 1.807) is 0 Å². The third kappa shape index (κ3) is 0.968. The summed E-state index contributed by atoms with van der Waals surface area (Å²) in [6.07, 6.45) is 0.921. The lowest BCUT2D eigenvalue weighted by Gasteiger charge is -2.11. The van der Waals surface area contributed by atoms with E-state index in [9.17, 15) is 4.79 Å². The molecule has 0 spiro atoms. The summed E-state index contributed by atoms with van der Waals surface area (Å²) in [6, 6.07) is 0.456. The summed E-state index contributed by atoms with van der Waals surface area (Å²) in [5.41, 5.74) is 0. The average Bonchev–Trinajstić information content (AvgIpc) is 2.14. The Hall–Kier alpha value is -0.180. The Balaban J connectivity index is 2.41. The summed E-state index contributed by atoms with van der Waals surface area (Å²) in [7, 11) is 0. The Morgan fingerprint density at radius 1 is 1.88 bits per heavy atom. The summed E-state index contributed by atoms with van der Waals surface area (Å²) in [5.74, 6) is 1.98. The molecular weight excluding hydrogens is 122 g/mol. The van der Waals surface area contributed by atoms with Crippen LogP contribution in [0.1, 0.15) is 6.92 Å². The number of hydrogen-bond donors (Lipinski definition) is 0. The Morgan fingerprint density at radius 3 is 2.88 bits per heavy atom. The zero-order valence-electron chi connectivity index (χ0n) is 4.83. The van der Waals surface area contributed by atoms with Crippen LogP contribution in [-0.2, 0) is 4.79 Å². The lowest BCUT2D eigenvalue weighted by molar-refractivity contribution is -0.118. The van der Waals surface area contributed by atoms with Crippen molar-refractivity contribution in [2.24, 2.45) is 0 Å². The second kappa shape index (κ2) is 2.40. The van der Waals surface area contributed by atoms with Crippen LogP contribution in [0.25, 0.3) is 0 Å². The Morgan fingerprint density at radius 2 is 2.62 bits per heavy atom. The van der Waals surface area contributed by atoms with E-state index in [-0.39, 0.29) is 0 Å². The number of nitrogens with zero attached hydrogens (tertiary/aromatic N) is 1. The van der Waals surface area contributed by atoms with E-state index in [2.05, 4.69) is 6.92 Å². The summed E-state index contributed by atoms with van der Waals surface area (Å²) in [4.78, 5) is 11.9. The Kier molecular flexibility index (Phi) is 1.78. The zero-order valence-corrected chi connectivity index (χ0v) is 5.65. The number of rotatable bonds is 1. The van der Waals surface area contributed by atoms with Crippen molar-refractivity contribution in [1.82, 2.24) is 4.90 Å². The van der Waals surface area contributed by atoms with Crippen molar-refractivity contribution in [3.8, 4) is 0 Å². The number of amides is 1. The first-order valence-corrected chi connectivity index (χ1v) is 3.79. The molecule has 1 aliphatic rings. The smallest absolute Gasteiger partial charge is 0.210 e. The summed E-state index contributed by atoms with van der Waals surface area (Å²) in [6.45, 7) is 2.06. The molecule has 1 fully saturated rings. The van der Waals surface area contributed by atoms with Crippen molar-refractivity contribution in [1.29, 1.82) is 0 Å². The number of carbonyl (C=O) groups excluding carboxylic acids is 1. The lowest BCUT2D eigenvalue weighted by Crippen LogP contribution is -2.25. The first-order valence-electron chi connectivity index (χ1n) is 2.63. The van der Waals surface area contributed by atoms with Crippen LogP contribution in [0.2, 0.25) is 0 Å². The fraction of sp³-hybridized carbons (Fsp3) is 0.800. The van der Waals surface area contributed by atoms with Crippen LogP contribution in [-0.4, -0.2) is 29.0 Å². The van der Waals surface area contributed by atoms with Gasteiger partial charge >= 0.3 is 0 Å². The van der Waals surface area contributed by atoms with E-state index in [0.29, 0.717) is 6.04 Å². The third-order valence-corrected chi connectivity index (χ3v) is 2.50. The number of hydrogen-bond acceptors (Lipinski definition) is 2. The maximum Gasteiger partial charge on any atom is 0.210 e. The molecule has 1 amide bonds. The van der Waals surface area contributed by atoms with Crippen LogP contribution in [0.5, 0.6) is 0 Å². The number of carbonyl (C=O) groups is 1. The highest BCUT2D eigenvalue weighted by molar-refractivity contribution is 7.99. The second-order valence-corrected chi connectivity index (χ2v) is 2.97. The Bertz CT molecular complexity index is 96.4. The third-order valence-electron chi connectivity index (χ3n) is 1.30. The topological polar surface area (TPSA) is 20.3 Å². The van der Waals surface area contributed by atoms with E-state index in [4.69, 9.17) is 0 Å². The first kappa shape index (κ1) is 5.95. The molecule has 1 rings (SSSR count). The van der Waals surface area contributed by atoms with Gasteiger partial charge in [-0.25, -0.2) is 0 Å². The van der Waals surface area contributed by atoms with Gasteiger partial charge in [-0.05, 0) is 6.92 Å². The Labute approximate surface area is 53.2 Å². The molecule has 0 aromatic rings. The van der Waals surface area contributed by atoms with E-state index in [1.165, 1.54) is 0 Å². The van der Waals surface area contributed by atoms with Crippen molar-refractivity contribution in [2.45, 2.75) is 13.0 Å². The predicted molar refractivity (Wildman–Crippen MR) is 34.7 cm³/mol. The molecule has 0 N–H and O–H groups in total. The van der Waals surface area contributed by atoms with E-state index in [1.807, 2.05) is 16.7 Å². The second-order valence-electron chi connectivity index (χ2n) is 1.97. The van der Waals surface area contributed by atoms with Crippen LogP contribution in [0.4, 0.5) is 0 Å². The quantitative estimate of drug-likeness (QED) is 0.484. The normalized spacial score (nSPS) is 28.6. The highest BCUT2D eigenvalue weighted by Crippen LogP contribution is 2.17. The van der Waals surface area contributed by atoms with Gasteiger partial charge in [0.2, 0.25) is 6.41 Å². The fourth-order valence-electron chi connectivity index (χ4n) is 0.686. The van der Waals surface area contributed by atoms with Crippen molar-refractivity contribution in [3.05, 3.63) is 0 Å². The molecule has 1 aliphatic heterocycles. The minimum Gasteiger partial charge on any atom is -0.332 e. The molecule has 2 nitrogen and oxygen atoms in total. The van der Waals surface area contributed by atoms with Gasteiger partial charge in [0.25, 0.3) is 0 Å². The van der Waals surface area contributed by atoms with Gasteiger partial charge in [-0.2, -0.15) is 0 Å². The molecule has 0 bridgehead atoms. The maximum absolute atomic E-state index is 10.1. The van der Waals surface area contributed by atoms with Gasteiger partial charge in [0.05, 0.1) is 5.88 Å². The van der Waals surface area contributed by atoms with Crippen molar-refractivity contribution < 1.29 is 4.79 Å². The van der Waals surface area contributed by atoms with Gasteiger partial charge in [-0.3, -0.25) is 4.79 Å². The van der Waals surface area contributed by atoms with Crippen LogP contribution in [0.3, 0.4) is 0 Å². The molecule has 3 heteroatoms. The molecule has 1 saturated heterocycles. The standard InChI is InChI=1S/C5H9NOS/c1-5-2-8-4-6(5)3-7/h3,5H,2,4H2,1H3. The molecule has 0 aromatic carbocycles. The van der Waals surface area contributed by atoms with Crippen LogP contribution in [0, 0.1) is 0 Å². The first-order chi connectivity index (χ1) is 3.84. The monoisotopic (exact) mass is 131 g/mol. The lowest BCUT2D eigenvalue weighted by atomic mass is 10.4. The SMILES string of the molecule is CC1CSCN1C=O. The molecule has 8 heavy (non-hydrogen) atoms. The van der Waals surface area contributed by atoms with Gasteiger partial charge in [-0.15, -0.1) is 11.8 Å². The molecule has 46 valence electrons. The largest absolute Gasteiger partial charge is 0.332 e. The van der Waals surface area contributed by atoms with E-state index in [0.717, 1.165) is 18.0 Å². The van der Waals surface area contributed by atoms with Crippen LogP contribution in [0.15, 0.2) is 0 Å². The van der Waals surface area contributed by atoms with Crippen molar-refractivity contribution in [3.63, 3.8) is 0 Å². The van der Waals surface area contributed by atoms with Crippen LogP contribution >= 0.6 is 11.8 Å². The minimum absolute atomic E-state index is 0.456. The van der Waals surface area contributed by atoms with Gasteiger partial charge in [-0.1, -0.05) is 0 Å². The summed E-state index contributed by atoms with van der Waals surface area (Å²) in [5, 5.41) is 0. The van der Waals surface area contributed by atoms with E-state index < -0.39 is 0 Å². The predicted octanol–water partition coefficient (Wildman–Crippen LogP) is 0.538. The maximum atomic E-state index is 10.1. The van der Waals surface area contributed by atoms with Gasteiger partial charge < -0.3 is 4.90 Å². The van der Waals surface area contributed by atoms with Crippen LogP contribution < -0.4 is 0 Å². The molecule has 1 atom stereocenters. The highest BCUT2D eigenvalue weighted by Gasteiger charge is 2.17. The molecule has 1 heterocycles. The molecule has 0 aliphatic carbocycles. The molecule has 1 unspecified atom stereocenters. The highest BCUT2D eigenvalue weighted by atomic mass is 32.2. The summed E-state index contributed by atoms with van der Waals surface area (Å²) < 4.78 is 0.